The van der Waals surface area contributed by atoms with Crippen LogP contribution >= 0.6 is 12.6 Å². The second-order valence-electron chi connectivity index (χ2n) is 8.79. The maximum atomic E-state index is 13.0. The van der Waals surface area contributed by atoms with Gasteiger partial charge >= 0.3 is 0 Å². The molecule has 1 saturated heterocycles. The van der Waals surface area contributed by atoms with E-state index in [-0.39, 0.29) is 24.8 Å². The summed E-state index contributed by atoms with van der Waals surface area (Å²) in [6.45, 7) is 5.06. The Morgan fingerprint density at radius 2 is 1.36 bits per heavy atom. The van der Waals surface area contributed by atoms with E-state index in [0.717, 1.165) is 19.5 Å². The number of hydrazine groups is 1. The summed E-state index contributed by atoms with van der Waals surface area (Å²) in [7, 11) is 0. The molecule has 206 valence electrons. The fraction of sp³-hybridized carbons (Fsp3) is 0.773. The number of nitrogens with two attached hydrogens (primary N) is 2. The van der Waals surface area contributed by atoms with Gasteiger partial charge in [-0.15, -0.1) is 0 Å². The second kappa shape index (κ2) is 17.1. The van der Waals surface area contributed by atoms with Crippen LogP contribution in [0.1, 0.15) is 52.4 Å². The molecule has 1 rings (SSSR count). The van der Waals surface area contributed by atoms with Gasteiger partial charge in [-0.05, 0) is 58.2 Å². The van der Waals surface area contributed by atoms with Gasteiger partial charge in [0, 0.05) is 26.1 Å². The van der Waals surface area contributed by atoms with Crippen molar-refractivity contribution in [1.29, 1.82) is 0 Å². The van der Waals surface area contributed by atoms with Gasteiger partial charge in [-0.1, -0.05) is 0 Å². The van der Waals surface area contributed by atoms with Gasteiger partial charge in [-0.25, -0.2) is 5.01 Å². The van der Waals surface area contributed by atoms with E-state index in [0.29, 0.717) is 38.0 Å². The van der Waals surface area contributed by atoms with Gasteiger partial charge in [-0.2, -0.15) is 12.6 Å². The molecule has 1 aliphatic rings. The SMILES string of the molecule is C[C@H](NC(=O)CCN)C(=O)N[C@@H](C)C(=O)N[C@@H](CCCCN)C(=O)NC(CCS)C(=O)NN1CCC1. The van der Waals surface area contributed by atoms with Crippen molar-refractivity contribution in [2.75, 3.05) is 31.9 Å². The number of amides is 5. The second-order valence-corrected chi connectivity index (χ2v) is 9.24. The van der Waals surface area contributed by atoms with Crippen LogP contribution in [0.4, 0.5) is 0 Å². The van der Waals surface area contributed by atoms with Crippen LogP contribution in [0.25, 0.3) is 0 Å². The smallest absolute Gasteiger partial charge is 0.256 e. The van der Waals surface area contributed by atoms with Crippen LogP contribution in [-0.4, -0.2) is 90.6 Å². The van der Waals surface area contributed by atoms with Gasteiger partial charge in [-0.3, -0.25) is 29.4 Å². The van der Waals surface area contributed by atoms with Gasteiger partial charge in [0.25, 0.3) is 5.91 Å². The molecule has 0 bridgehead atoms. The first kappa shape index (κ1) is 31.6. The van der Waals surface area contributed by atoms with Crippen molar-refractivity contribution in [1.82, 2.24) is 31.7 Å². The molecule has 4 atom stereocenters. The minimum absolute atomic E-state index is 0.0809. The van der Waals surface area contributed by atoms with Crippen LogP contribution in [0, 0.1) is 0 Å². The highest BCUT2D eigenvalue weighted by Gasteiger charge is 2.29. The summed E-state index contributed by atoms with van der Waals surface area (Å²) in [5.74, 6) is -1.97. The molecule has 0 spiro atoms. The highest BCUT2D eigenvalue weighted by atomic mass is 32.1. The van der Waals surface area contributed by atoms with Crippen molar-refractivity contribution in [3.8, 4) is 0 Å². The van der Waals surface area contributed by atoms with E-state index < -0.39 is 41.9 Å². The summed E-state index contributed by atoms with van der Waals surface area (Å²) in [6.07, 6.45) is 2.93. The normalized spacial score (nSPS) is 16.5. The van der Waals surface area contributed by atoms with Crippen molar-refractivity contribution >= 4 is 42.2 Å². The van der Waals surface area contributed by atoms with Crippen LogP contribution < -0.4 is 38.2 Å². The summed E-state index contributed by atoms with van der Waals surface area (Å²) in [6, 6.07) is -3.57. The molecule has 0 aromatic heterocycles. The summed E-state index contributed by atoms with van der Waals surface area (Å²) in [4.78, 5) is 62.4. The average molecular weight is 531 g/mol. The van der Waals surface area contributed by atoms with Gasteiger partial charge in [0.15, 0.2) is 0 Å². The molecule has 1 fully saturated rings. The molecule has 0 aromatic rings. The molecule has 13 nitrogen and oxygen atoms in total. The highest BCUT2D eigenvalue weighted by molar-refractivity contribution is 7.80. The number of nitrogens with zero attached hydrogens (tertiary/aromatic N) is 1. The summed E-state index contributed by atoms with van der Waals surface area (Å²) < 4.78 is 0. The lowest BCUT2D eigenvalue weighted by Gasteiger charge is -2.32. The van der Waals surface area contributed by atoms with E-state index in [9.17, 15) is 24.0 Å². The summed E-state index contributed by atoms with van der Waals surface area (Å²) >= 11 is 4.19. The zero-order valence-corrected chi connectivity index (χ0v) is 22.1. The Balaban J connectivity index is 2.75. The molecular weight excluding hydrogens is 488 g/mol. The molecular formula is C22H42N8O5S. The molecule has 14 heteroatoms. The zero-order chi connectivity index (χ0) is 27.1. The lowest BCUT2D eigenvalue weighted by Crippen LogP contribution is -2.59. The Morgan fingerprint density at radius 3 is 1.92 bits per heavy atom. The maximum Gasteiger partial charge on any atom is 0.256 e. The van der Waals surface area contributed by atoms with E-state index >= 15 is 0 Å². The Labute approximate surface area is 218 Å². The molecule has 0 aromatic carbocycles. The molecule has 0 aliphatic carbocycles. The molecule has 1 unspecified atom stereocenters. The Bertz CT molecular complexity index is 752. The number of carbonyl (C=O) groups is 5. The number of carbonyl (C=O) groups excluding carboxylic acids is 5. The quantitative estimate of drug-likeness (QED) is 0.0744. The van der Waals surface area contributed by atoms with Gasteiger partial charge in [0.2, 0.25) is 23.6 Å². The first-order valence-electron chi connectivity index (χ1n) is 12.4. The number of nitrogens with one attached hydrogen (secondary N) is 5. The number of unbranched alkanes of at least 4 members (excludes halogenated alkanes) is 1. The number of rotatable bonds is 17. The first-order valence-corrected chi connectivity index (χ1v) is 13.0. The van der Waals surface area contributed by atoms with Crippen LogP contribution in [-0.2, 0) is 24.0 Å². The standard InChI is InChI=1S/C22H42N8O5S/c1-14(25-18(31)7-10-24)19(32)26-15(2)20(33)27-16(6-3-4-9-23)21(34)28-17(8-13-36)22(35)29-30-11-5-12-30/h14-17,36H,3-13,23-24H2,1-2H3,(H,25,31)(H,26,32)(H,27,33)(H,28,34)(H,29,35)/t14-,15-,16-,17?/m0/s1. The topological polar surface area (TPSA) is 201 Å². The third-order valence-electron chi connectivity index (χ3n) is 5.65. The molecule has 36 heavy (non-hydrogen) atoms. The molecule has 1 heterocycles. The van der Waals surface area contributed by atoms with Crippen molar-refractivity contribution < 1.29 is 24.0 Å². The van der Waals surface area contributed by atoms with Crippen molar-refractivity contribution in [2.24, 2.45) is 11.5 Å². The van der Waals surface area contributed by atoms with Crippen molar-refractivity contribution in [3.63, 3.8) is 0 Å². The maximum absolute atomic E-state index is 13.0. The largest absolute Gasteiger partial charge is 0.345 e. The molecule has 1 aliphatic heterocycles. The van der Waals surface area contributed by atoms with E-state index in [4.69, 9.17) is 11.5 Å². The van der Waals surface area contributed by atoms with E-state index in [1.54, 1.807) is 5.01 Å². The third kappa shape index (κ3) is 11.5. The average Bonchev–Trinajstić information content (AvgIpc) is 2.80. The van der Waals surface area contributed by atoms with E-state index in [1.807, 2.05) is 0 Å². The van der Waals surface area contributed by atoms with Gasteiger partial charge in [0.1, 0.15) is 24.2 Å². The number of hydrogen-bond acceptors (Lipinski definition) is 9. The number of hydrogen-bond donors (Lipinski definition) is 8. The fourth-order valence-corrected chi connectivity index (χ4v) is 3.56. The van der Waals surface area contributed by atoms with Gasteiger partial charge < -0.3 is 32.7 Å². The Morgan fingerprint density at radius 1 is 0.778 bits per heavy atom. The Hall–Kier alpha value is -2.42. The molecule has 0 radical (unpaired) electrons. The summed E-state index contributed by atoms with van der Waals surface area (Å²) in [5, 5.41) is 12.2. The lowest BCUT2D eigenvalue weighted by molar-refractivity contribution is -0.136. The van der Waals surface area contributed by atoms with Crippen molar-refractivity contribution in [3.05, 3.63) is 0 Å². The fourth-order valence-electron chi connectivity index (χ4n) is 3.30. The molecule has 9 N–H and O–H groups in total. The van der Waals surface area contributed by atoms with Gasteiger partial charge in [0.05, 0.1) is 0 Å². The minimum Gasteiger partial charge on any atom is -0.345 e. The third-order valence-corrected chi connectivity index (χ3v) is 5.91. The van der Waals surface area contributed by atoms with Crippen molar-refractivity contribution in [2.45, 2.75) is 76.5 Å². The van der Waals surface area contributed by atoms with Crippen LogP contribution in [0.2, 0.25) is 0 Å². The predicted molar refractivity (Wildman–Crippen MR) is 138 cm³/mol. The first-order chi connectivity index (χ1) is 17.1. The minimum atomic E-state index is -0.973. The zero-order valence-electron chi connectivity index (χ0n) is 21.2. The Kier molecular flexibility index (Phi) is 15.0. The predicted octanol–water partition coefficient (Wildman–Crippen LogP) is -2.50. The lowest BCUT2D eigenvalue weighted by atomic mass is 10.1. The van der Waals surface area contributed by atoms with Crippen LogP contribution in [0.3, 0.4) is 0 Å². The number of thiol groups is 1. The van der Waals surface area contributed by atoms with E-state index in [2.05, 4.69) is 39.3 Å². The summed E-state index contributed by atoms with van der Waals surface area (Å²) in [5.41, 5.74) is 13.7. The highest BCUT2D eigenvalue weighted by Crippen LogP contribution is 2.06. The monoisotopic (exact) mass is 530 g/mol. The van der Waals surface area contributed by atoms with E-state index in [1.165, 1.54) is 13.8 Å². The molecule has 0 saturated carbocycles. The van der Waals surface area contributed by atoms with Crippen LogP contribution in [0.5, 0.6) is 0 Å². The van der Waals surface area contributed by atoms with Crippen LogP contribution in [0.15, 0.2) is 0 Å². The molecule has 5 amide bonds.